The van der Waals surface area contributed by atoms with Crippen LogP contribution in [0.1, 0.15) is 103 Å². The molecule has 4 N–H and O–H groups in total. The molecule has 0 saturated heterocycles. The topological polar surface area (TPSA) is 162 Å². The number of hydrogen-bond acceptors (Lipinski definition) is 8. The van der Waals surface area contributed by atoms with Crippen LogP contribution in [-0.4, -0.2) is 53.6 Å². The molecule has 0 aromatic rings. The van der Waals surface area contributed by atoms with Crippen LogP contribution >= 0.6 is 7.82 Å². The van der Waals surface area contributed by atoms with Crippen molar-refractivity contribution in [3.8, 4) is 0 Å². The Labute approximate surface area is 215 Å². The molecule has 2 atom stereocenters. The number of unbranched alkanes of at least 4 members (excludes halogenated alkanes) is 11. The third-order valence-electron chi connectivity index (χ3n) is 5.40. The van der Waals surface area contributed by atoms with Crippen LogP contribution in [0.3, 0.4) is 0 Å². The van der Waals surface area contributed by atoms with Gasteiger partial charge in [0.15, 0.2) is 0 Å². The number of allylic oxidation sites excluding steroid dienone is 2. The Bertz CT molecular complexity index is 684. The maximum Gasteiger partial charge on any atom is 0.472 e. The molecule has 0 aliphatic carbocycles. The van der Waals surface area contributed by atoms with Crippen molar-refractivity contribution in [2.75, 3.05) is 19.8 Å². The lowest BCUT2D eigenvalue weighted by molar-refractivity contribution is -0.154. The molecule has 0 bridgehead atoms. The third kappa shape index (κ3) is 21.7. The molecule has 0 amide bonds. The molecule has 0 spiro atoms. The molecule has 10 nitrogen and oxygen atoms in total. The lowest BCUT2D eigenvalue weighted by atomic mass is 10.1. The van der Waals surface area contributed by atoms with Gasteiger partial charge in [-0.2, -0.15) is 0 Å². The van der Waals surface area contributed by atoms with Crippen LogP contribution in [0.25, 0.3) is 0 Å². The zero-order valence-electron chi connectivity index (χ0n) is 21.7. The molecule has 11 heteroatoms. The number of carboxylic acid groups (broad SMARTS) is 1. The number of carboxylic acids is 1. The van der Waals surface area contributed by atoms with E-state index in [9.17, 15) is 23.8 Å². The molecule has 0 fully saturated rings. The molecule has 0 aliphatic heterocycles. The summed E-state index contributed by atoms with van der Waals surface area (Å²) in [7, 11) is -4.46. The van der Waals surface area contributed by atoms with Crippen molar-refractivity contribution in [1.82, 2.24) is 0 Å². The highest BCUT2D eigenvalue weighted by molar-refractivity contribution is 7.47. The summed E-state index contributed by atoms with van der Waals surface area (Å²) < 4.78 is 25.5. The molecule has 210 valence electrons. The van der Waals surface area contributed by atoms with Crippen molar-refractivity contribution in [1.29, 1.82) is 0 Å². The van der Waals surface area contributed by atoms with Crippen molar-refractivity contribution in [3.63, 3.8) is 0 Å². The second-order valence-electron chi connectivity index (χ2n) is 8.79. The minimum Gasteiger partial charge on any atom is -0.480 e. The number of esters is 1. The SMILES string of the molecule is CCCCCCCC/C=C/CCCCCCCC(=O)C(=O)OCCCOP(=O)(O)OC[C@H](N)C(=O)O. The zero-order valence-corrected chi connectivity index (χ0v) is 22.6. The van der Waals surface area contributed by atoms with Crippen LogP contribution < -0.4 is 5.73 Å². The predicted octanol–water partition coefficient (Wildman–Crippen LogP) is 5.07. The maximum absolute atomic E-state index is 11.8. The van der Waals surface area contributed by atoms with Crippen molar-refractivity contribution in [3.05, 3.63) is 12.2 Å². The second kappa shape index (κ2) is 22.6. The number of hydrogen-bond donors (Lipinski definition) is 3. The number of phosphoric acid groups is 1. The number of ether oxygens (including phenoxy) is 1. The summed E-state index contributed by atoms with van der Waals surface area (Å²) in [6.07, 6.45) is 19.7. The molecule has 0 rings (SSSR count). The first-order valence-corrected chi connectivity index (χ1v) is 14.6. The fraction of sp³-hybridized carbons (Fsp3) is 0.800. The van der Waals surface area contributed by atoms with E-state index in [1.54, 1.807) is 0 Å². The Morgan fingerprint density at radius 1 is 0.833 bits per heavy atom. The number of Topliss-reactive ketones (excluding diaryl/α,β-unsaturated/α-hetero) is 1. The number of aliphatic carboxylic acids is 1. The van der Waals surface area contributed by atoms with E-state index >= 15 is 0 Å². The number of carbonyl (C=O) groups is 3. The Balaban J connectivity index is 3.61. The fourth-order valence-corrected chi connectivity index (χ4v) is 4.01. The average Bonchev–Trinajstić information content (AvgIpc) is 2.84. The Morgan fingerprint density at radius 2 is 1.39 bits per heavy atom. The van der Waals surface area contributed by atoms with Crippen molar-refractivity contribution < 1.29 is 42.7 Å². The van der Waals surface area contributed by atoms with Crippen LogP contribution in [0.15, 0.2) is 12.2 Å². The van der Waals surface area contributed by atoms with Gasteiger partial charge in [-0.25, -0.2) is 9.36 Å². The van der Waals surface area contributed by atoms with Gasteiger partial charge in [-0.05, 0) is 32.1 Å². The van der Waals surface area contributed by atoms with Gasteiger partial charge in [-0.1, -0.05) is 70.4 Å². The van der Waals surface area contributed by atoms with Crippen LogP contribution in [0.5, 0.6) is 0 Å². The average molecular weight is 536 g/mol. The first kappa shape index (κ1) is 34.4. The third-order valence-corrected chi connectivity index (χ3v) is 6.39. The van der Waals surface area contributed by atoms with Gasteiger partial charge in [-0.15, -0.1) is 0 Å². The standard InChI is InChI=1S/C25H46NO9P/c1-2-3-4-5-6-7-8-9-10-11-12-13-14-15-16-18-23(27)25(30)33-19-17-20-34-36(31,32)35-21-22(26)24(28)29/h9-10,22H,2-8,11-21,26H2,1H3,(H,28,29)(H,31,32)/b10-9+/t22-/m0/s1. The largest absolute Gasteiger partial charge is 0.480 e. The predicted molar refractivity (Wildman–Crippen MR) is 137 cm³/mol. The van der Waals surface area contributed by atoms with Crippen molar-refractivity contribution >= 4 is 25.5 Å². The first-order chi connectivity index (χ1) is 17.2. The fourth-order valence-electron chi connectivity index (χ4n) is 3.23. The molecule has 0 aliphatic rings. The summed E-state index contributed by atoms with van der Waals surface area (Å²) in [4.78, 5) is 43.5. The number of ketones is 1. The van der Waals surface area contributed by atoms with Gasteiger partial charge in [0.1, 0.15) is 6.04 Å². The van der Waals surface area contributed by atoms with Gasteiger partial charge < -0.3 is 20.5 Å². The molecule has 0 aromatic heterocycles. The van der Waals surface area contributed by atoms with Crippen LogP contribution in [0, 0.1) is 0 Å². The minimum absolute atomic E-state index is 0.0608. The molecule has 1 unspecified atom stereocenters. The van der Waals surface area contributed by atoms with E-state index in [1.807, 2.05) is 0 Å². The smallest absolute Gasteiger partial charge is 0.472 e. The highest BCUT2D eigenvalue weighted by atomic mass is 31.2. The second-order valence-corrected chi connectivity index (χ2v) is 10.2. The highest BCUT2D eigenvalue weighted by Gasteiger charge is 2.24. The van der Waals surface area contributed by atoms with Gasteiger partial charge in [-0.3, -0.25) is 18.6 Å². The lowest BCUT2D eigenvalue weighted by Crippen LogP contribution is -2.34. The van der Waals surface area contributed by atoms with E-state index in [1.165, 1.54) is 38.5 Å². The summed E-state index contributed by atoms with van der Waals surface area (Å²) >= 11 is 0. The molecule has 0 aromatic carbocycles. The molecule has 36 heavy (non-hydrogen) atoms. The summed E-state index contributed by atoms with van der Waals surface area (Å²) in [5, 5.41) is 8.59. The summed E-state index contributed by atoms with van der Waals surface area (Å²) in [6, 6.07) is -1.46. The minimum atomic E-state index is -4.46. The summed E-state index contributed by atoms with van der Waals surface area (Å²) in [5.74, 6) is -2.90. The molecule has 0 heterocycles. The van der Waals surface area contributed by atoms with Crippen LogP contribution in [0.4, 0.5) is 0 Å². The number of carbonyl (C=O) groups excluding carboxylic acids is 2. The number of nitrogens with two attached hydrogens (primary N) is 1. The number of rotatable bonds is 25. The van der Waals surface area contributed by atoms with E-state index in [0.717, 1.165) is 38.5 Å². The highest BCUT2D eigenvalue weighted by Crippen LogP contribution is 2.43. The first-order valence-electron chi connectivity index (χ1n) is 13.1. The van der Waals surface area contributed by atoms with E-state index in [4.69, 9.17) is 15.6 Å². The maximum atomic E-state index is 11.8. The lowest BCUT2D eigenvalue weighted by Gasteiger charge is -2.13. The monoisotopic (exact) mass is 535 g/mol. The van der Waals surface area contributed by atoms with Gasteiger partial charge in [0.2, 0.25) is 5.78 Å². The molecule has 0 saturated carbocycles. The summed E-state index contributed by atoms with van der Waals surface area (Å²) in [5.41, 5.74) is 5.16. The Kier molecular flexibility index (Phi) is 21.6. The quantitative estimate of drug-likeness (QED) is 0.0473. The van der Waals surface area contributed by atoms with Gasteiger partial charge in [0.05, 0.1) is 19.8 Å². The molecule has 0 radical (unpaired) electrons. The van der Waals surface area contributed by atoms with Crippen LogP contribution in [-0.2, 0) is 32.7 Å². The Hall–Kier alpha value is -1.58. The van der Waals surface area contributed by atoms with E-state index in [0.29, 0.717) is 6.42 Å². The van der Waals surface area contributed by atoms with E-state index < -0.39 is 38.2 Å². The van der Waals surface area contributed by atoms with Crippen molar-refractivity contribution in [2.45, 2.75) is 109 Å². The Morgan fingerprint density at radius 3 is 1.97 bits per heavy atom. The van der Waals surface area contributed by atoms with Crippen LogP contribution in [0.2, 0.25) is 0 Å². The van der Waals surface area contributed by atoms with E-state index in [-0.39, 0.29) is 26.1 Å². The van der Waals surface area contributed by atoms with Gasteiger partial charge in [0, 0.05) is 12.8 Å². The molecular formula is C25H46NO9P. The summed E-state index contributed by atoms with van der Waals surface area (Å²) in [6.45, 7) is 1.09. The number of phosphoric ester groups is 1. The normalized spacial score (nSPS) is 14.0. The zero-order chi connectivity index (χ0) is 27.1. The van der Waals surface area contributed by atoms with Crippen molar-refractivity contribution in [2.24, 2.45) is 5.73 Å². The van der Waals surface area contributed by atoms with Gasteiger partial charge >= 0.3 is 19.8 Å². The van der Waals surface area contributed by atoms with E-state index in [2.05, 4.69) is 28.1 Å². The molecular weight excluding hydrogens is 489 g/mol. The van der Waals surface area contributed by atoms with Gasteiger partial charge in [0.25, 0.3) is 0 Å².